The highest BCUT2D eigenvalue weighted by atomic mass is 16.3. The minimum absolute atomic E-state index is 0.619. The molecular weight excluding hydrogens is 647 g/mol. The molecule has 0 saturated carbocycles. The molecule has 2 heterocycles. The molecule has 1 aliphatic rings. The van der Waals surface area contributed by atoms with Crippen molar-refractivity contribution in [3.8, 4) is 78.7 Å². The zero-order chi connectivity index (χ0) is 34.9. The van der Waals surface area contributed by atoms with Gasteiger partial charge in [-0.15, -0.1) is 0 Å². The van der Waals surface area contributed by atoms with Crippen molar-refractivity contribution < 1.29 is 4.42 Å². The first-order chi connectivity index (χ1) is 26.2. The molecule has 0 atom stereocenters. The molecule has 11 rings (SSSR count). The van der Waals surface area contributed by atoms with E-state index in [9.17, 15) is 0 Å². The third kappa shape index (κ3) is 4.80. The van der Waals surface area contributed by atoms with Crippen molar-refractivity contribution in [3.05, 3.63) is 176 Å². The second-order valence-electron chi connectivity index (χ2n) is 13.6. The zero-order valence-electron chi connectivity index (χ0n) is 28.5. The van der Waals surface area contributed by atoms with Gasteiger partial charge in [0.15, 0.2) is 17.5 Å². The van der Waals surface area contributed by atoms with Gasteiger partial charge < -0.3 is 4.42 Å². The minimum Gasteiger partial charge on any atom is -0.456 e. The number of para-hydroxylation sites is 1. The lowest BCUT2D eigenvalue weighted by Gasteiger charge is -2.11. The first kappa shape index (κ1) is 29.5. The summed E-state index contributed by atoms with van der Waals surface area (Å²) in [5.74, 6) is 1.88. The third-order valence-electron chi connectivity index (χ3n) is 10.5. The van der Waals surface area contributed by atoms with E-state index in [0.29, 0.717) is 17.5 Å². The summed E-state index contributed by atoms with van der Waals surface area (Å²) in [6.45, 7) is 0. The number of hydrogen-bond acceptors (Lipinski definition) is 4. The molecule has 4 heteroatoms. The molecule has 2 aromatic heterocycles. The molecule has 0 aliphatic heterocycles. The number of aromatic nitrogens is 3. The summed E-state index contributed by atoms with van der Waals surface area (Å²) in [5.41, 5.74) is 14.1. The van der Waals surface area contributed by atoms with Crippen LogP contribution in [0.3, 0.4) is 0 Å². The normalized spacial score (nSPS) is 11.8. The van der Waals surface area contributed by atoms with Crippen molar-refractivity contribution in [2.45, 2.75) is 0 Å². The van der Waals surface area contributed by atoms with Crippen LogP contribution >= 0.6 is 0 Å². The van der Waals surface area contributed by atoms with Crippen molar-refractivity contribution in [3.63, 3.8) is 0 Å². The molecule has 0 radical (unpaired) electrons. The molecule has 0 fully saturated rings. The summed E-state index contributed by atoms with van der Waals surface area (Å²) in [5, 5.41) is 4.81. The topological polar surface area (TPSA) is 51.8 Å². The van der Waals surface area contributed by atoms with Crippen LogP contribution in [0.1, 0.15) is 0 Å². The molecule has 4 nitrogen and oxygen atoms in total. The summed E-state index contributed by atoms with van der Waals surface area (Å²) >= 11 is 0. The van der Waals surface area contributed by atoms with Gasteiger partial charge in [0.25, 0.3) is 0 Å². The maximum absolute atomic E-state index is 6.22. The Labute approximate surface area is 305 Å². The van der Waals surface area contributed by atoms with E-state index in [1.807, 2.05) is 48.5 Å². The number of fused-ring (bicyclic) bond motifs is 6. The van der Waals surface area contributed by atoms with E-state index >= 15 is 0 Å². The van der Waals surface area contributed by atoms with Gasteiger partial charge in [0, 0.05) is 27.5 Å². The number of furan rings is 1. The monoisotopic (exact) mass is 675 g/mol. The summed E-state index contributed by atoms with van der Waals surface area (Å²) in [4.78, 5) is 15.3. The van der Waals surface area contributed by atoms with Crippen molar-refractivity contribution >= 4 is 32.7 Å². The second kappa shape index (κ2) is 11.7. The highest BCUT2D eigenvalue weighted by Gasteiger charge is 2.22. The standard InChI is InChI=1S/C49H29N3O/c1-2-11-31(12-3-1)47-50-48(35-17-6-15-32(27-35)33-25-26-38-39-21-8-13-30-14-9-22-40(45(30)39)42(38)29-33)52-49(51-47)36-18-7-16-34(28-36)37-20-10-24-44-46(37)41-19-4-5-23-43(41)53-44/h1-29H. The average molecular weight is 676 g/mol. The molecule has 53 heavy (non-hydrogen) atoms. The van der Waals surface area contributed by atoms with Crippen LogP contribution in [0.25, 0.3) is 111 Å². The Morgan fingerprint density at radius 3 is 1.64 bits per heavy atom. The van der Waals surface area contributed by atoms with Crippen LogP contribution in [0, 0.1) is 0 Å². The van der Waals surface area contributed by atoms with Gasteiger partial charge in [0.2, 0.25) is 0 Å². The van der Waals surface area contributed by atoms with Gasteiger partial charge in [-0.3, -0.25) is 0 Å². The minimum atomic E-state index is 0.619. The zero-order valence-corrected chi connectivity index (χ0v) is 28.5. The summed E-state index contributed by atoms with van der Waals surface area (Å²) in [7, 11) is 0. The van der Waals surface area contributed by atoms with Gasteiger partial charge in [-0.05, 0) is 85.6 Å². The summed E-state index contributed by atoms with van der Waals surface area (Å²) in [6, 6.07) is 61.6. The van der Waals surface area contributed by atoms with Gasteiger partial charge in [0.05, 0.1) is 0 Å². The van der Waals surface area contributed by atoms with E-state index in [0.717, 1.165) is 60.9 Å². The van der Waals surface area contributed by atoms with Crippen LogP contribution < -0.4 is 0 Å². The van der Waals surface area contributed by atoms with Crippen LogP contribution in [-0.2, 0) is 0 Å². The van der Waals surface area contributed by atoms with Crippen molar-refractivity contribution in [2.75, 3.05) is 0 Å². The van der Waals surface area contributed by atoms with E-state index < -0.39 is 0 Å². The lowest BCUT2D eigenvalue weighted by Crippen LogP contribution is -2.00. The Hall–Kier alpha value is -7.17. The van der Waals surface area contributed by atoms with Crippen LogP contribution in [0.15, 0.2) is 180 Å². The molecular formula is C49H29N3O. The van der Waals surface area contributed by atoms with Crippen LogP contribution in [0.5, 0.6) is 0 Å². The maximum Gasteiger partial charge on any atom is 0.164 e. The van der Waals surface area contributed by atoms with E-state index in [1.54, 1.807) is 0 Å². The maximum atomic E-state index is 6.22. The van der Waals surface area contributed by atoms with E-state index in [-0.39, 0.29) is 0 Å². The van der Waals surface area contributed by atoms with Gasteiger partial charge in [-0.25, -0.2) is 15.0 Å². The molecule has 1 aliphatic carbocycles. The molecule has 0 bridgehead atoms. The number of benzene rings is 8. The van der Waals surface area contributed by atoms with Crippen molar-refractivity contribution in [1.29, 1.82) is 0 Å². The molecule has 0 unspecified atom stereocenters. The van der Waals surface area contributed by atoms with Crippen molar-refractivity contribution in [1.82, 2.24) is 15.0 Å². The number of hydrogen-bond donors (Lipinski definition) is 0. The van der Waals surface area contributed by atoms with Gasteiger partial charge in [-0.1, -0.05) is 146 Å². The van der Waals surface area contributed by atoms with Gasteiger partial charge >= 0.3 is 0 Å². The highest BCUT2D eigenvalue weighted by Crippen LogP contribution is 2.48. The summed E-state index contributed by atoms with van der Waals surface area (Å²) < 4.78 is 6.22. The lowest BCUT2D eigenvalue weighted by molar-refractivity contribution is 0.669. The van der Waals surface area contributed by atoms with Gasteiger partial charge in [0.1, 0.15) is 11.2 Å². The molecule has 246 valence electrons. The van der Waals surface area contributed by atoms with E-state index in [1.165, 1.54) is 33.0 Å². The van der Waals surface area contributed by atoms with Crippen molar-refractivity contribution in [2.24, 2.45) is 0 Å². The quantitative estimate of drug-likeness (QED) is 0.182. The lowest BCUT2D eigenvalue weighted by atomic mass is 9.96. The smallest absolute Gasteiger partial charge is 0.164 e. The van der Waals surface area contributed by atoms with Crippen LogP contribution in [0.4, 0.5) is 0 Å². The third-order valence-corrected chi connectivity index (χ3v) is 10.5. The molecule has 8 aromatic carbocycles. The highest BCUT2D eigenvalue weighted by molar-refractivity contribution is 6.16. The fourth-order valence-corrected chi connectivity index (χ4v) is 8.00. The number of nitrogens with zero attached hydrogens (tertiary/aromatic N) is 3. The molecule has 0 N–H and O–H groups in total. The second-order valence-corrected chi connectivity index (χ2v) is 13.6. The van der Waals surface area contributed by atoms with E-state index in [4.69, 9.17) is 19.4 Å². The predicted octanol–water partition coefficient (Wildman–Crippen LogP) is 12.9. The Bertz CT molecular complexity index is 3060. The molecule has 0 saturated heterocycles. The van der Waals surface area contributed by atoms with E-state index in [2.05, 4.69) is 127 Å². The first-order valence-electron chi connectivity index (χ1n) is 17.9. The average Bonchev–Trinajstić information content (AvgIpc) is 3.78. The Morgan fingerprint density at radius 1 is 0.302 bits per heavy atom. The largest absolute Gasteiger partial charge is 0.456 e. The summed E-state index contributed by atoms with van der Waals surface area (Å²) in [6.07, 6.45) is 0. The molecule has 0 spiro atoms. The predicted molar refractivity (Wildman–Crippen MR) is 216 cm³/mol. The molecule has 10 aromatic rings. The fourth-order valence-electron chi connectivity index (χ4n) is 8.00. The Balaban J connectivity index is 1.03. The Kier molecular flexibility index (Phi) is 6.52. The van der Waals surface area contributed by atoms with Gasteiger partial charge in [-0.2, -0.15) is 0 Å². The fraction of sp³-hybridized carbons (Fsp3) is 0. The number of rotatable bonds is 5. The first-order valence-corrected chi connectivity index (χ1v) is 17.9. The van der Waals surface area contributed by atoms with Crippen LogP contribution in [0.2, 0.25) is 0 Å². The SMILES string of the molecule is c1ccc(-c2nc(-c3cccc(-c4ccc5c(c4)-c4cccc6cccc-5c46)c3)nc(-c3cccc(-c4cccc5oc6ccccc6c45)c3)n2)cc1. The molecule has 0 amide bonds. The van der Waals surface area contributed by atoms with Crippen LogP contribution in [-0.4, -0.2) is 15.0 Å². The Morgan fingerprint density at radius 2 is 0.849 bits per heavy atom.